The number of esters is 1. The van der Waals surface area contributed by atoms with Crippen LogP contribution in [0.2, 0.25) is 0 Å². The van der Waals surface area contributed by atoms with Crippen LogP contribution in [-0.2, 0) is 9.53 Å². The van der Waals surface area contributed by atoms with Gasteiger partial charge in [-0.15, -0.1) is 0 Å². The zero-order valence-corrected chi connectivity index (χ0v) is 10.7. The smallest absolute Gasteiger partial charge is 0.308 e. The van der Waals surface area contributed by atoms with Crippen molar-refractivity contribution in [3.05, 3.63) is 29.8 Å². The van der Waals surface area contributed by atoms with E-state index in [0.29, 0.717) is 5.69 Å². The van der Waals surface area contributed by atoms with E-state index in [1.54, 1.807) is 20.8 Å². The first-order chi connectivity index (χ1) is 8.26. The quantitative estimate of drug-likeness (QED) is 0.842. The van der Waals surface area contributed by atoms with Crippen LogP contribution in [0.1, 0.15) is 27.2 Å². The summed E-state index contributed by atoms with van der Waals surface area (Å²) in [5.74, 6) is -1.67. The minimum absolute atomic E-state index is 0.134. The van der Waals surface area contributed by atoms with E-state index in [2.05, 4.69) is 5.32 Å². The third-order valence-electron chi connectivity index (χ3n) is 1.94. The summed E-state index contributed by atoms with van der Waals surface area (Å²) in [6.07, 6.45) is 0.134. The highest BCUT2D eigenvalue weighted by atomic mass is 19.1. The van der Waals surface area contributed by atoms with E-state index < -0.39 is 17.2 Å². The fourth-order valence-corrected chi connectivity index (χ4v) is 1.36. The molecule has 0 radical (unpaired) electrons. The van der Waals surface area contributed by atoms with Crippen LogP contribution in [0.15, 0.2) is 18.2 Å². The zero-order chi connectivity index (χ0) is 13.8. The van der Waals surface area contributed by atoms with Crippen molar-refractivity contribution in [3.63, 3.8) is 0 Å². The summed E-state index contributed by atoms with van der Waals surface area (Å²) in [5.41, 5.74) is -0.224. The second-order valence-corrected chi connectivity index (χ2v) is 4.92. The molecular formula is C13H17F2NO2. The second kappa shape index (κ2) is 5.80. The highest BCUT2D eigenvalue weighted by molar-refractivity contribution is 5.70. The van der Waals surface area contributed by atoms with Gasteiger partial charge in [-0.3, -0.25) is 4.79 Å². The maximum atomic E-state index is 12.9. The van der Waals surface area contributed by atoms with Crippen molar-refractivity contribution in [1.82, 2.24) is 0 Å². The third-order valence-corrected chi connectivity index (χ3v) is 1.94. The van der Waals surface area contributed by atoms with Crippen molar-refractivity contribution in [2.24, 2.45) is 0 Å². The SMILES string of the molecule is CC(C)(C)OC(=O)CCNc1cc(F)cc(F)c1. The molecule has 3 nitrogen and oxygen atoms in total. The number of carbonyl (C=O) groups is 1. The lowest BCUT2D eigenvalue weighted by atomic mass is 10.2. The van der Waals surface area contributed by atoms with Crippen LogP contribution >= 0.6 is 0 Å². The molecule has 1 aromatic rings. The number of hydrogen-bond donors (Lipinski definition) is 1. The summed E-state index contributed by atoms with van der Waals surface area (Å²) in [7, 11) is 0. The predicted octanol–water partition coefficient (Wildman–Crippen LogP) is 3.11. The Morgan fingerprint density at radius 3 is 2.28 bits per heavy atom. The van der Waals surface area contributed by atoms with Crippen molar-refractivity contribution in [1.29, 1.82) is 0 Å². The Balaban J connectivity index is 2.40. The zero-order valence-electron chi connectivity index (χ0n) is 10.7. The first-order valence-corrected chi connectivity index (χ1v) is 5.68. The number of benzene rings is 1. The predicted molar refractivity (Wildman–Crippen MR) is 65.3 cm³/mol. The van der Waals surface area contributed by atoms with Crippen LogP contribution in [0.4, 0.5) is 14.5 Å². The largest absolute Gasteiger partial charge is 0.460 e. The Morgan fingerprint density at radius 1 is 1.22 bits per heavy atom. The molecular weight excluding hydrogens is 240 g/mol. The van der Waals surface area contributed by atoms with E-state index in [-0.39, 0.29) is 18.9 Å². The molecule has 100 valence electrons. The van der Waals surface area contributed by atoms with Gasteiger partial charge in [-0.05, 0) is 32.9 Å². The molecule has 0 spiro atoms. The molecule has 0 aliphatic heterocycles. The average Bonchev–Trinajstić information content (AvgIpc) is 2.12. The molecule has 0 saturated carbocycles. The average molecular weight is 257 g/mol. The van der Waals surface area contributed by atoms with Crippen molar-refractivity contribution in [2.75, 3.05) is 11.9 Å². The van der Waals surface area contributed by atoms with Crippen molar-refractivity contribution in [2.45, 2.75) is 32.8 Å². The Hall–Kier alpha value is -1.65. The Kier molecular flexibility index (Phi) is 4.64. The second-order valence-electron chi connectivity index (χ2n) is 4.92. The minimum Gasteiger partial charge on any atom is -0.460 e. The summed E-state index contributed by atoms with van der Waals surface area (Å²) < 4.78 is 30.8. The van der Waals surface area contributed by atoms with E-state index >= 15 is 0 Å². The molecule has 0 saturated heterocycles. The van der Waals surface area contributed by atoms with Gasteiger partial charge in [0.1, 0.15) is 17.2 Å². The molecule has 1 N–H and O–H groups in total. The number of rotatable bonds is 4. The van der Waals surface area contributed by atoms with Crippen LogP contribution in [0.5, 0.6) is 0 Å². The fourth-order valence-electron chi connectivity index (χ4n) is 1.36. The van der Waals surface area contributed by atoms with Gasteiger partial charge in [-0.25, -0.2) is 8.78 Å². The molecule has 0 bridgehead atoms. The maximum Gasteiger partial charge on any atom is 0.308 e. The molecule has 0 unspecified atom stereocenters. The molecule has 1 rings (SSSR count). The molecule has 0 aliphatic rings. The van der Waals surface area contributed by atoms with Gasteiger partial charge in [-0.1, -0.05) is 0 Å². The molecule has 0 aliphatic carbocycles. The van der Waals surface area contributed by atoms with E-state index in [1.807, 2.05) is 0 Å². The highest BCUT2D eigenvalue weighted by Gasteiger charge is 2.15. The normalized spacial score (nSPS) is 11.2. The van der Waals surface area contributed by atoms with Crippen LogP contribution in [0.3, 0.4) is 0 Å². The van der Waals surface area contributed by atoms with Crippen molar-refractivity contribution < 1.29 is 18.3 Å². The van der Waals surface area contributed by atoms with Crippen LogP contribution in [0, 0.1) is 11.6 Å². The molecule has 0 aromatic heterocycles. The van der Waals surface area contributed by atoms with Gasteiger partial charge in [0.15, 0.2) is 0 Å². The molecule has 5 heteroatoms. The lowest BCUT2D eigenvalue weighted by Crippen LogP contribution is -2.25. The van der Waals surface area contributed by atoms with Crippen LogP contribution < -0.4 is 5.32 Å². The summed E-state index contributed by atoms with van der Waals surface area (Å²) in [6.45, 7) is 5.60. The lowest BCUT2D eigenvalue weighted by Gasteiger charge is -2.19. The molecule has 0 amide bonds. The van der Waals surface area contributed by atoms with Gasteiger partial charge >= 0.3 is 5.97 Å². The Morgan fingerprint density at radius 2 is 1.78 bits per heavy atom. The number of anilines is 1. The van der Waals surface area contributed by atoms with E-state index in [9.17, 15) is 13.6 Å². The number of nitrogens with one attached hydrogen (secondary N) is 1. The minimum atomic E-state index is -0.658. The lowest BCUT2D eigenvalue weighted by molar-refractivity contribution is -0.154. The third kappa shape index (κ3) is 5.61. The summed E-state index contributed by atoms with van der Waals surface area (Å²) in [4.78, 5) is 11.4. The standard InChI is InChI=1S/C13H17F2NO2/c1-13(2,3)18-12(17)4-5-16-11-7-9(14)6-10(15)8-11/h6-8,16H,4-5H2,1-3H3. The van der Waals surface area contributed by atoms with Crippen LogP contribution in [-0.4, -0.2) is 18.1 Å². The highest BCUT2D eigenvalue weighted by Crippen LogP contribution is 2.13. The van der Waals surface area contributed by atoms with Gasteiger partial charge in [0.25, 0.3) is 0 Å². The molecule has 1 aromatic carbocycles. The van der Waals surface area contributed by atoms with E-state index in [4.69, 9.17) is 4.74 Å². The first-order valence-electron chi connectivity index (χ1n) is 5.68. The summed E-state index contributed by atoms with van der Waals surface area (Å²) >= 11 is 0. The number of halogens is 2. The van der Waals surface area contributed by atoms with Crippen molar-refractivity contribution >= 4 is 11.7 Å². The van der Waals surface area contributed by atoms with Gasteiger partial charge < -0.3 is 10.1 Å². The number of ether oxygens (including phenoxy) is 1. The van der Waals surface area contributed by atoms with Crippen molar-refractivity contribution in [3.8, 4) is 0 Å². The van der Waals surface area contributed by atoms with E-state index in [0.717, 1.165) is 18.2 Å². The van der Waals surface area contributed by atoms with Gasteiger partial charge in [0.2, 0.25) is 0 Å². The van der Waals surface area contributed by atoms with Gasteiger partial charge in [0.05, 0.1) is 6.42 Å². The summed E-state index contributed by atoms with van der Waals surface area (Å²) in [5, 5.41) is 2.76. The van der Waals surface area contributed by atoms with Crippen LogP contribution in [0.25, 0.3) is 0 Å². The molecule has 18 heavy (non-hydrogen) atoms. The van der Waals surface area contributed by atoms with Gasteiger partial charge in [-0.2, -0.15) is 0 Å². The summed E-state index contributed by atoms with van der Waals surface area (Å²) in [6, 6.07) is 3.12. The molecule has 0 heterocycles. The van der Waals surface area contributed by atoms with Gasteiger partial charge in [0, 0.05) is 18.3 Å². The maximum absolute atomic E-state index is 12.9. The molecule has 0 atom stereocenters. The van der Waals surface area contributed by atoms with E-state index in [1.165, 1.54) is 0 Å². The topological polar surface area (TPSA) is 38.3 Å². The number of carbonyl (C=O) groups excluding carboxylic acids is 1. The number of hydrogen-bond acceptors (Lipinski definition) is 3. The fraction of sp³-hybridized carbons (Fsp3) is 0.462. The first kappa shape index (κ1) is 14.4. The Bertz CT molecular complexity index is 407. The monoisotopic (exact) mass is 257 g/mol. The molecule has 0 fully saturated rings. The Labute approximate surface area is 105 Å².